The van der Waals surface area contributed by atoms with Gasteiger partial charge in [-0.15, -0.1) is 0 Å². The van der Waals surface area contributed by atoms with Crippen LogP contribution in [0.4, 0.5) is 5.69 Å². The van der Waals surface area contributed by atoms with Crippen LogP contribution in [0.3, 0.4) is 0 Å². The molecule has 0 aliphatic rings. The Morgan fingerprint density at radius 1 is 1.05 bits per heavy atom. The summed E-state index contributed by atoms with van der Waals surface area (Å²) in [5.74, 6) is 0. The summed E-state index contributed by atoms with van der Waals surface area (Å²) in [5.41, 5.74) is 2.03. The second-order valence-electron chi connectivity index (χ2n) is 3.86. The topological polar surface area (TPSA) is 56.2 Å². The molecule has 5 heteroatoms. The minimum atomic E-state index is -0.409. The summed E-state index contributed by atoms with van der Waals surface area (Å²) in [5, 5.41) is 10.5. The van der Waals surface area contributed by atoms with E-state index in [-0.39, 0.29) is 5.69 Å². The van der Waals surface area contributed by atoms with E-state index in [1.54, 1.807) is 36.4 Å². The normalized spacial score (nSPS) is 10.6. The SMILES string of the molecule is CO[n+]1ccc(/C=C/c2ccc([N+](=O)[O-])cc2)cc1. The van der Waals surface area contributed by atoms with E-state index in [0.29, 0.717) is 0 Å². The van der Waals surface area contributed by atoms with E-state index in [4.69, 9.17) is 4.84 Å². The van der Waals surface area contributed by atoms with Gasteiger partial charge in [-0.2, -0.15) is 0 Å². The Morgan fingerprint density at radius 2 is 1.58 bits per heavy atom. The van der Waals surface area contributed by atoms with Crippen LogP contribution in [0, 0.1) is 10.1 Å². The van der Waals surface area contributed by atoms with Gasteiger partial charge in [0.2, 0.25) is 12.4 Å². The van der Waals surface area contributed by atoms with Crippen LogP contribution in [0.2, 0.25) is 0 Å². The highest BCUT2D eigenvalue weighted by Gasteiger charge is 2.02. The Morgan fingerprint density at radius 3 is 2.05 bits per heavy atom. The lowest BCUT2D eigenvalue weighted by Gasteiger charge is -1.94. The van der Waals surface area contributed by atoms with E-state index in [2.05, 4.69) is 0 Å². The van der Waals surface area contributed by atoms with Crippen molar-refractivity contribution in [3.8, 4) is 0 Å². The first kappa shape index (κ1) is 12.8. The van der Waals surface area contributed by atoms with Crippen LogP contribution in [-0.2, 0) is 0 Å². The molecule has 0 saturated heterocycles. The van der Waals surface area contributed by atoms with Crippen LogP contribution >= 0.6 is 0 Å². The van der Waals surface area contributed by atoms with Gasteiger partial charge in [-0.25, -0.2) is 0 Å². The van der Waals surface area contributed by atoms with Gasteiger partial charge in [-0.1, -0.05) is 12.2 Å². The summed E-state index contributed by atoms with van der Waals surface area (Å²) >= 11 is 0. The maximum atomic E-state index is 10.5. The third kappa shape index (κ3) is 3.38. The van der Waals surface area contributed by atoms with E-state index in [1.807, 2.05) is 24.3 Å². The predicted octanol–water partition coefficient (Wildman–Crippen LogP) is 2.11. The van der Waals surface area contributed by atoms with Gasteiger partial charge in [0.25, 0.3) is 5.69 Å². The Hall–Kier alpha value is -2.69. The molecule has 0 bridgehead atoms. The Labute approximate surface area is 110 Å². The van der Waals surface area contributed by atoms with Crippen molar-refractivity contribution in [2.45, 2.75) is 0 Å². The summed E-state index contributed by atoms with van der Waals surface area (Å²) in [6, 6.07) is 10.2. The van der Waals surface area contributed by atoms with E-state index in [0.717, 1.165) is 11.1 Å². The second-order valence-corrected chi connectivity index (χ2v) is 3.86. The molecule has 1 aromatic heterocycles. The Kier molecular flexibility index (Phi) is 3.87. The van der Waals surface area contributed by atoms with Crippen LogP contribution in [-0.4, -0.2) is 12.0 Å². The molecule has 0 aliphatic heterocycles. The lowest BCUT2D eigenvalue weighted by molar-refractivity contribution is -0.885. The van der Waals surface area contributed by atoms with Crippen molar-refractivity contribution in [3.05, 3.63) is 70.0 Å². The van der Waals surface area contributed by atoms with E-state index >= 15 is 0 Å². The van der Waals surface area contributed by atoms with Gasteiger partial charge in [0.1, 0.15) is 7.11 Å². The highest BCUT2D eigenvalue weighted by Crippen LogP contribution is 2.13. The molecule has 0 aliphatic carbocycles. The van der Waals surface area contributed by atoms with Crippen molar-refractivity contribution in [2.75, 3.05) is 7.11 Å². The fourth-order valence-corrected chi connectivity index (χ4v) is 1.56. The molecule has 2 rings (SSSR count). The van der Waals surface area contributed by atoms with Crippen LogP contribution < -0.4 is 9.57 Å². The maximum absolute atomic E-state index is 10.5. The smallest absolute Gasteiger partial charge is 0.269 e. The highest BCUT2D eigenvalue weighted by atomic mass is 16.6. The number of nitro benzene ring substituents is 1. The van der Waals surface area contributed by atoms with Crippen molar-refractivity contribution in [1.82, 2.24) is 0 Å². The van der Waals surface area contributed by atoms with Gasteiger partial charge in [0, 0.05) is 29.0 Å². The van der Waals surface area contributed by atoms with Gasteiger partial charge in [0.15, 0.2) is 0 Å². The first-order chi connectivity index (χ1) is 9.19. The minimum Gasteiger partial charge on any atom is -0.275 e. The summed E-state index contributed by atoms with van der Waals surface area (Å²) in [6.07, 6.45) is 7.43. The molecule has 0 amide bonds. The molecule has 0 radical (unpaired) electrons. The predicted molar refractivity (Wildman–Crippen MR) is 71.2 cm³/mol. The number of rotatable bonds is 4. The number of nitrogens with zero attached hydrogens (tertiary/aromatic N) is 2. The number of aromatic nitrogens is 1. The molecule has 0 unspecified atom stereocenters. The zero-order chi connectivity index (χ0) is 13.7. The summed E-state index contributed by atoms with van der Waals surface area (Å²) in [7, 11) is 1.59. The number of hydrogen-bond acceptors (Lipinski definition) is 3. The van der Waals surface area contributed by atoms with Gasteiger partial charge in [-0.3, -0.25) is 15.0 Å². The van der Waals surface area contributed by atoms with Crippen LogP contribution in [0.25, 0.3) is 12.2 Å². The molecule has 0 spiro atoms. The molecule has 5 nitrogen and oxygen atoms in total. The van der Waals surface area contributed by atoms with Crippen molar-refractivity contribution in [2.24, 2.45) is 0 Å². The maximum Gasteiger partial charge on any atom is 0.269 e. The molecule has 0 fully saturated rings. The molecular weight excluding hydrogens is 244 g/mol. The van der Waals surface area contributed by atoms with Crippen molar-refractivity contribution in [1.29, 1.82) is 0 Å². The molecule has 0 atom stereocenters. The molecule has 1 aromatic carbocycles. The standard InChI is InChI=1S/C14H13N2O3/c1-19-15-10-8-13(9-11-15)3-2-12-4-6-14(7-5-12)16(17)18/h2-11H,1H3/q+1/b3-2+. The number of hydrogen-bond donors (Lipinski definition) is 0. The van der Waals surface area contributed by atoms with E-state index < -0.39 is 4.92 Å². The lowest BCUT2D eigenvalue weighted by Crippen LogP contribution is -2.39. The van der Waals surface area contributed by atoms with Gasteiger partial charge in [-0.05, 0) is 23.3 Å². The summed E-state index contributed by atoms with van der Waals surface area (Å²) in [6.45, 7) is 0. The number of benzene rings is 1. The van der Waals surface area contributed by atoms with Crippen LogP contribution in [0.5, 0.6) is 0 Å². The van der Waals surface area contributed by atoms with Gasteiger partial charge < -0.3 is 0 Å². The molecule has 1 heterocycles. The summed E-state index contributed by atoms with van der Waals surface area (Å²) < 4.78 is 1.59. The Bertz CT molecular complexity index is 589. The van der Waals surface area contributed by atoms with Crippen LogP contribution in [0.15, 0.2) is 48.8 Å². The lowest BCUT2D eigenvalue weighted by atomic mass is 10.1. The Balaban J connectivity index is 2.10. The number of nitro groups is 1. The molecular formula is C14H13N2O3+. The van der Waals surface area contributed by atoms with Crippen molar-refractivity contribution >= 4 is 17.8 Å². The first-order valence-corrected chi connectivity index (χ1v) is 5.67. The first-order valence-electron chi connectivity index (χ1n) is 5.67. The molecule has 0 saturated carbocycles. The fourth-order valence-electron chi connectivity index (χ4n) is 1.56. The third-order valence-electron chi connectivity index (χ3n) is 2.61. The van der Waals surface area contributed by atoms with Crippen molar-refractivity contribution < 1.29 is 14.5 Å². The molecule has 0 N–H and O–H groups in total. The summed E-state index contributed by atoms with van der Waals surface area (Å²) in [4.78, 5) is 15.1. The highest BCUT2D eigenvalue weighted by molar-refractivity contribution is 5.69. The zero-order valence-electron chi connectivity index (χ0n) is 10.4. The quantitative estimate of drug-likeness (QED) is 0.479. The minimum absolute atomic E-state index is 0.0954. The third-order valence-corrected chi connectivity index (χ3v) is 2.61. The molecule has 19 heavy (non-hydrogen) atoms. The second kappa shape index (κ2) is 5.77. The van der Waals surface area contributed by atoms with Gasteiger partial charge >= 0.3 is 0 Å². The molecule has 96 valence electrons. The zero-order valence-corrected chi connectivity index (χ0v) is 10.4. The van der Waals surface area contributed by atoms with E-state index in [9.17, 15) is 10.1 Å². The average Bonchev–Trinajstić information content (AvgIpc) is 2.46. The van der Waals surface area contributed by atoms with Crippen LogP contribution in [0.1, 0.15) is 11.1 Å². The fraction of sp³-hybridized carbons (Fsp3) is 0.0714. The molecule has 2 aromatic rings. The van der Waals surface area contributed by atoms with Crippen molar-refractivity contribution in [3.63, 3.8) is 0 Å². The largest absolute Gasteiger partial charge is 0.275 e. The number of non-ortho nitro benzene ring substituents is 1. The number of pyridine rings is 1. The van der Waals surface area contributed by atoms with E-state index in [1.165, 1.54) is 12.1 Å². The van der Waals surface area contributed by atoms with Gasteiger partial charge in [0.05, 0.1) is 4.92 Å². The average molecular weight is 257 g/mol. The monoisotopic (exact) mass is 257 g/mol.